The van der Waals surface area contributed by atoms with Gasteiger partial charge in [-0.3, -0.25) is 49.0 Å². The molecule has 526 valence electrons. The van der Waals surface area contributed by atoms with Crippen molar-refractivity contribution in [1.29, 1.82) is 0 Å². The van der Waals surface area contributed by atoms with Gasteiger partial charge in [-0.2, -0.15) is 0 Å². The molecule has 2 amide bonds. The summed E-state index contributed by atoms with van der Waals surface area (Å²) in [6.45, 7) is 6.18. The van der Waals surface area contributed by atoms with Gasteiger partial charge in [0, 0.05) is 75.4 Å². The number of Topliss-reactive ketones (excluding diaryl/α,β-unsaturated/α-hetero) is 3. The number of ketones is 3. The number of carboxylic acid groups (broad SMARTS) is 2. The first-order valence-electron chi connectivity index (χ1n) is 31.2. The largest absolute Gasteiger partial charge is 1.00 e. The van der Waals surface area contributed by atoms with Gasteiger partial charge in [-0.05, 0) is 104 Å². The van der Waals surface area contributed by atoms with Gasteiger partial charge < -0.3 is 54.5 Å². The molecule has 0 atom stereocenters. The van der Waals surface area contributed by atoms with Gasteiger partial charge in [0.05, 0.1) is 108 Å². The number of amides is 2. The number of nitrogen functional groups attached to an aromatic ring is 1. The number of carbonyl (C=O) groups is 7. The number of H-pyrrole nitrogens is 1. The van der Waals surface area contributed by atoms with Crippen LogP contribution in [0.15, 0.2) is 207 Å². The Morgan fingerprint density at radius 2 is 0.885 bits per heavy atom. The van der Waals surface area contributed by atoms with Crippen molar-refractivity contribution in [2.24, 2.45) is 0 Å². The fraction of sp³-hybridized carbons (Fsp3) is 0.133. The minimum absolute atomic E-state index is 0. The maximum absolute atomic E-state index is 12.9. The Morgan fingerprint density at radius 3 is 1.32 bits per heavy atom. The minimum atomic E-state index is -0.991. The number of nitro groups is 2. The number of non-ortho nitro benzene ring substituents is 2. The number of aromatic carboxylic acids is 1. The SMILES string of the molecule is CC(=O)Cn1ccc2cccc(N)c21.CC(=O)Cn1ccc2cccc(N3Cc4cccc(Cl)c4C3=O)c21.CC(=O)Cn1ccc2cccc([N+](=O)[O-])c21.O=C(O)Cn1ccc2cccc(N3Cc4cccc(Cl)c4C3=O)c21.O=C(O)c1c(Cl)cccc1CBr.O=[N+]([O-])c1cccc2cc[nH]c12.[Li+].[OH-]. The van der Waals surface area contributed by atoms with Gasteiger partial charge >= 0.3 is 30.8 Å². The van der Waals surface area contributed by atoms with E-state index in [0.29, 0.717) is 74.1 Å². The molecule has 24 nitrogen and oxygen atoms in total. The van der Waals surface area contributed by atoms with Crippen molar-refractivity contribution in [3.05, 3.63) is 276 Å². The summed E-state index contributed by atoms with van der Waals surface area (Å²) in [6, 6.07) is 52.3. The molecule has 0 spiro atoms. The zero-order valence-electron chi connectivity index (χ0n) is 56.1. The second-order valence-corrected chi connectivity index (χ2v) is 25.3. The van der Waals surface area contributed by atoms with Crippen LogP contribution < -0.4 is 34.4 Å². The smallest absolute Gasteiger partial charge is 0.870 e. The van der Waals surface area contributed by atoms with E-state index in [4.69, 9.17) is 50.7 Å². The van der Waals surface area contributed by atoms with Crippen molar-refractivity contribution in [1.82, 2.24) is 23.3 Å². The van der Waals surface area contributed by atoms with Crippen LogP contribution in [-0.4, -0.2) is 89.9 Å². The van der Waals surface area contributed by atoms with Gasteiger partial charge in [-0.1, -0.05) is 148 Å². The van der Waals surface area contributed by atoms with Crippen LogP contribution in [0.1, 0.15) is 68.5 Å². The third-order valence-corrected chi connectivity index (χ3v) is 17.9. The molecule has 6 N–H and O–H groups in total. The van der Waals surface area contributed by atoms with Crippen LogP contribution >= 0.6 is 50.7 Å². The first kappa shape index (κ1) is 78.6. The second kappa shape index (κ2) is 34.7. The van der Waals surface area contributed by atoms with Gasteiger partial charge in [0.2, 0.25) is 0 Å². The molecule has 0 saturated carbocycles. The van der Waals surface area contributed by atoms with E-state index in [9.17, 15) is 53.8 Å². The normalized spacial score (nSPS) is 11.6. The van der Waals surface area contributed by atoms with Crippen LogP contribution in [0.5, 0.6) is 0 Å². The number of alkyl halides is 1. The summed E-state index contributed by atoms with van der Waals surface area (Å²) in [5.41, 5.74) is 15.6. The van der Waals surface area contributed by atoms with E-state index in [1.807, 2.05) is 131 Å². The summed E-state index contributed by atoms with van der Waals surface area (Å²) in [5, 5.41) is 45.5. The number of aliphatic carboxylic acids is 1. The zero-order valence-corrected chi connectivity index (χ0v) is 59.9. The van der Waals surface area contributed by atoms with Crippen molar-refractivity contribution in [2.45, 2.75) is 65.4 Å². The first-order valence-corrected chi connectivity index (χ1v) is 33.5. The predicted molar refractivity (Wildman–Crippen MR) is 400 cm³/mol. The molecule has 0 aliphatic carbocycles. The van der Waals surface area contributed by atoms with Gasteiger partial charge in [0.25, 0.3) is 23.2 Å². The molecule has 0 radical (unpaired) electrons. The number of benzene rings is 8. The molecule has 0 fully saturated rings. The molecule has 104 heavy (non-hydrogen) atoms. The summed E-state index contributed by atoms with van der Waals surface area (Å²) in [4.78, 5) is 108. The monoisotopic (exact) mass is 1520 g/mol. The number of fused-ring (bicyclic) bond motifs is 7. The molecule has 0 unspecified atom stereocenters. The molecule has 7 heterocycles. The Balaban J connectivity index is 0.000000161. The van der Waals surface area contributed by atoms with E-state index in [2.05, 4.69) is 20.9 Å². The van der Waals surface area contributed by atoms with E-state index in [0.717, 1.165) is 60.3 Å². The predicted octanol–water partition coefficient (Wildman–Crippen LogP) is 13.4. The molecule has 29 heteroatoms. The molecule has 13 aromatic rings. The third-order valence-electron chi connectivity index (χ3n) is 16.4. The topological polar surface area (TPSA) is 344 Å². The Morgan fingerprint density at radius 1 is 0.500 bits per heavy atom. The molecular formula is C75H63BrCl3LiN10O14. The van der Waals surface area contributed by atoms with Gasteiger partial charge in [-0.15, -0.1) is 0 Å². The average molecular weight is 1520 g/mol. The van der Waals surface area contributed by atoms with Crippen LogP contribution in [0.3, 0.4) is 0 Å². The number of anilines is 3. The van der Waals surface area contributed by atoms with Crippen LogP contribution in [0.4, 0.5) is 28.4 Å². The van der Waals surface area contributed by atoms with Crippen molar-refractivity contribution in [2.75, 3.05) is 15.5 Å². The standard InChI is InChI=1S/C19H15ClN2O2.C18H13ClN2O3.C11H10N2O3.C11H12N2O.C8H6BrClO2.C8H6N2O2.Li.H2O/c1-12(23)10-21-9-8-13-4-3-7-16(18(13)21)22-11-14-5-2-6-15(20)17(14)19(22)24;19-13-5-1-4-12-9-21(18(24)16(12)13)14-6-2-3-11-7-8-20(17(11)14)10-15(22)23;1-8(14)7-12-6-5-9-3-2-4-10(11(9)12)13(15)16;1-8(14)7-13-6-5-9-3-2-4-10(12)11(9)13;9-4-5-2-1-3-6(10)7(5)8(11)12;11-10(12)7-3-1-2-6-4-5-9-8(6)7;;/h2-9H,10-11H2,1H3;1-8H,9-10H2,(H,22,23);2-6H,7H2,1H3;2-6H,7,12H2,1H3;1-3H,4H2,(H,11,12);1-5,9H;;1H2/q;;;;;;+1;/p-1. The van der Waals surface area contributed by atoms with Crippen molar-refractivity contribution in [3.8, 4) is 0 Å². The number of hydrogen-bond acceptors (Lipinski definition) is 13. The molecule has 2 aliphatic heterocycles. The summed E-state index contributed by atoms with van der Waals surface area (Å²) in [5.74, 6) is -2.01. The maximum atomic E-state index is 12.9. The molecular weight excluding hydrogens is 1460 g/mol. The van der Waals surface area contributed by atoms with E-state index in [1.54, 1.807) is 106 Å². The van der Waals surface area contributed by atoms with Crippen molar-refractivity contribution >= 4 is 175 Å². The first-order chi connectivity index (χ1) is 48.8. The number of carbonyl (C=O) groups excluding carboxylic acids is 5. The number of hydrogen-bond donors (Lipinski definition) is 4. The van der Waals surface area contributed by atoms with E-state index in [1.165, 1.54) is 19.1 Å². The molecule has 8 aromatic carbocycles. The molecule has 0 saturated heterocycles. The van der Waals surface area contributed by atoms with Gasteiger partial charge in [-0.25, -0.2) is 4.79 Å². The summed E-state index contributed by atoms with van der Waals surface area (Å²) < 4.78 is 7.03. The molecule has 2 aliphatic rings. The van der Waals surface area contributed by atoms with Crippen LogP contribution in [0.2, 0.25) is 15.1 Å². The summed E-state index contributed by atoms with van der Waals surface area (Å²) >= 11 is 21.3. The van der Waals surface area contributed by atoms with Gasteiger partial charge in [0.15, 0.2) is 0 Å². The number of nitro benzene ring substituents is 2. The number of carboxylic acids is 2. The number of nitrogens with two attached hydrogens (primary N) is 1. The van der Waals surface area contributed by atoms with Crippen LogP contribution in [-0.2, 0) is 63.8 Å². The Labute approximate surface area is 628 Å². The summed E-state index contributed by atoms with van der Waals surface area (Å²) in [6.07, 6.45) is 8.89. The van der Waals surface area contributed by atoms with Crippen molar-refractivity contribution < 1.29 is 78.0 Å². The number of aromatic nitrogens is 5. The van der Waals surface area contributed by atoms with Gasteiger partial charge in [0.1, 0.15) is 34.9 Å². The average Bonchev–Trinajstić information content (AvgIpc) is 1.61. The second-order valence-electron chi connectivity index (χ2n) is 23.5. The summed E-state index contributed by atoms with van der Waals surface area (Å²) in [7, 11) is 0. The number of halogens is 4. The molecule has 5 aromatic heterocycles. The molecule has 0 bridgehead atoms. The quantitative estimate of drug-likeness (QED) is 0.0258. The zero-order chi connectivity index (χ0) is 73.2. The van der Waals surface area contributed by atoms with E-state index < -0.39 is 21.8 Å². The van der Waals surface area contributed by atoms with Crippen molar-refractivity contribution in [3.63, 3.8) is 0 Å². The Kier molecular flexibility index (Phi) is 26.2. The maximum Gasteiger partial charge on any atom is 1.00 e. The fourth-order valence-electron chi connectivity index (χ4n) is 12.2. The Hall–Kier alpha value is -11.1. The number of nitrogens with zero attached hydrogens (tertiary/aromatic N) is 8. The number of nitrogens with one attached hydrogen (secondary N) is 1. The van der Waals surface area contributed by atoms with E-state index in [-0.39, 0.29) is 95.1 Å². The Bertz CT molecular complexity index is 5310. The number of para-hydroxylation sites is 5. The fourth-order valence-corrected chi connectivity index (χ4v) is 13.4. The van der Waals surface area contributed by atoms with Crippen LogP contribution in [0, 0.1) is 20.2 Å². The minimum Gasteiger partial charge on any atom is -0.870 e. The number of aromatic amines is 1. The third kappa shape index (κ3) is 17.5. The molecule has 15 rings (SSSR count). The number of rotatable bonds is 14. The van der Waals surface area contributed by atoms with E-state index >= 15 is 0 Å². The van der Waals surface area contributed by atoms with Crippen LogP contribution in [0.25, 0.3) is 54.5 Å².